The molecule has 4 nitrogen and oxygen atoms in total. The second-order valence-electron chi connectivity index (χ2n) is 6.91. The molecule has 0 spiro atoms. The fourth-order valence-electron chi connectivity index (χ4n) is 3.04. The molecular weight excluding hydrogens is 308 g/mol. The minimum atomic E-state index is 0.0350. The van der Waals surface area contributed by atoms with Crippen molar-refractivity contribution in [2.45, 2.75) is 34.2 Å². The zero-order chi connectivity index (χ0) is 16.6. The summed E-state index contributed by atoms with van der Waals surface area (Å²) in [6.07, 6.45) is 3.82. The van der Waals surface area contributed by atoms with Gasteiger partial charge in [-0.15, -0.1) is 11.3 Å². The summed E-state index contributed by atoms with van der Waals surface area (Å²) in [6.45, 7) is 8.84. The van der Waals surface area contributed by atoms with E-state index in [2.05, 4.69) is 44.1 Å². The maximum absolute atomic E-state index is 12.4. The Bertz CT molecular complexity index is 724. The second kappa shape index (κ2) is 5.96. The molecule has 2 aromatic rings. The molecule has 3 rings (SSSR count). The number of aromatic nitrogens is 1. The number of thiophene rings is 1. The molecule has 1 amide bonds. The van der Waals surface area contributed by atoms with Crippen LogP contribution in [0.5, 0.6) is 0 Å². The summed E-state index contributed by atoms with van der Waals surface area (Å²) in [5, 5.41) is 4.98. The first kappa shape index (κ1) is 16.0. The van der Waals surface area contributed by atoms with Gasteiger partial charge in [-0.25, -0.2) is 4.98 Å². The van der Waals surface area contributed by atoms with Crippen LogP contribution in [0.1, 0.15) is 33.4 Å². The van der Waals surface area contributed by atoms with Crippen molar-refractivity contribution in [2.75, 3.05) is 0 Å². The van der Waals surface area contributed by atoms with Crippen molar-refractivity contribution in [1.82, 2.24) is 10.3 Å². The Labute approximate surface area is 140 Å². The number of rotatable bonds is 5. The van der Waals surface area contributed by atoms with Gasteiger partial charge < -0.3 is 9.73 Å². The maximum Gasteiger partial charge on any atom is 0.236 e. The highest BCUT2D eigenvalue weighted by Gasteiger charge is 2.60. The first-order valence-corrected chi connectivity index (χ1v) is 8.68. The number of oxazole rings is 1. The first-order chi connectivity index (χ1) is 10.9. The number of carbonyl (C=O) groups excluding carboxylic acids is 1. The Hall–Kier alpha value is -1.88. The summed E-state index contributed by atoms with van der Waals surface area (Å²) in [7, 11) is 0. The van der Waals surface area contributed by atoms with Crippen LogP contribution in [0.2, 0.25) is 0 Å². The van der Waals surface area contributed by atoms with Crippen LogP contribution in [0.4, 0.5) is 0 Å². The fraction of sp³-hybridized carbons (Fsp3) is 0.444. The van der Waals surface area contributed by atoms with Gasteiger partial charge in [-0.2, -0.15) is 0 Å². The van der Waals surface area contributed by atoms with Crippen LogP contribution in [0.3, 0.4) is 0 Å². The molecule has 1 aliphatic rings. The van der Waals surface area contributed by atoms with Gasteiger partial charge in [-0.3, -0.25) is 4.79 Å². The molecule has 2 atom stereocenters. The summed E-state index contributed by atoms with van der Waals surface area (Å²) in [4.78, 5) is 17.8. The predicted molar refractivity (Wildman–Crippen MR) is 91.9 cm³/mol. The number of nitrogens with zero attached hydrogens (tertiary/aromatic N) is 1. The Morgan fingerprint density at radius 1 is 1.48 bits per heavy atom. The second-order valence-corrected chi connectivity index (χ2v) is 7.86. The normalized spacial score (nSPS) is 21.7. The van der Waals surface area contributed by atoms with Gasteiger partial charge in [0.2, 0.25) is 11.8 Å². The van der Waals surface area contributed by atoms with Crippen molar-refractivity contribution in [3.63, 3.8) is 0 Å². The van der Waals surface area contributed by atoms with Gasteiger partial charge in [0.25, 0.3) is 0 Å². The molecule has 0 saturated heterocycles. The van der Waals surface area contributed by atoms with Crippen molar-refractivity contribution in [2.24, 2.45) is 17.3 Å². The summed E-state index contributed by atoms with van der Waals surface area (Å²) in [5.74, 6) is 1.07. The van der Waals surface area contributed by atoms with E-state index in [0.717, 1.165) is 10.6 Å². The van der Waals surface area contributed by atoms with Gasteiger partial charge in [-0.05, 0) is 36.6 Å². The van der Waals surface area contributed by atoms with Crippen LogP contribution < -0.4 is 5.32 Å². The third-order valence-electron chi connectivity index (χ3n) is 4.43. The smallest absolute Gasteiger partial charge is 0.236 e. The monoisotopic (exact) mass is 330 g/mol. The third-order valence-corrected chi connectivity index (χ3v) is 5.29. The largest absolute Gasteiger partial charge is 0.443 e. The van der Waals surface area contributed by atoms with Gasteiger partial charge in [0.05, 0.1) is 23.0 Å². The quantitative estimate of drug-likeness (QED) is 0.834. The van der Waals surface area contributed by atoms with Crippen molar-refractivity contribution < 1.29 is 9.21 Å². The molecule has 1 saturated carbocycles. The maximum atomic E-state index is 12.4. The van der Waals surface area contributed by atoms with Crippen molar-refractivity contribution >= 4 is 17.2 Å². The Balaban J connectivity index is 1.59. The lowest BCUT2D eigenvalue weighted by atomic mass is 10.1. The van der Waals surface area contributed by atoms with E-state index in [0.29, 0.717) is 18.4 Å². The van der Waals surface area contributed by atoms with E-state index in [4.69, 9.17) is 4.42 Å². The lowest BCUT2D eigenvalue weighted by Gasteiger charge is -2.03. The van der Waals surface area contributed by atoms with E-state index in [1.807, 2.05) is 17.5 Å². The summed E-state index contributed by atoms with van der Waals surface area (Å²) in [5.41, 5.74) is 2.04. The lowest BCUT2D eigenvalue weighted by molar-refractivity contribution is -0.123. The van der Waals surface area contributed by atoms with Crippen LogP contribution in [0.15, 0.2) is 39.8 Å². The standard InChI is InChI=1S/C18H22N2O2S/c1-11(2)8-13-15(18(13,3)4)16(21)19-9-12-10-22-17(20-12)14-6-5-7-23-14/h5-8,10,13,15H,9H2,1-4H3,(H,19,21)/t13-,15+/m0/s1. The van der Waals surface area contributed by atoms with E-state index in [1.165, 1.54) is 5.57 Å². The van der Waals surface area contributed by atoms with Crippen LogP contribution in [0, 0.1) is 17.3 Å². The molecular formula is C18H22N2O2S. The molecule has 0 aliphatic heterocycles. The van der Waals surface area contributed by atoms with Crippen LogP contribution in [-0.4, -0.2) is 10.9 Å². The number of hydrogen-bond acceptors (Lipinski definition) is 4. The molecule has 1 aliphatic carbocycles. The molecule has 1 fully saturated rings. The molecule has 2 aromatic heterocycles. The predicted octanol–water partition coefficient (Wildman–Crippen LogP) is 4.26. The van der Waals surface area contributed by atoms with E-state index < -0.39 is 0 Å². The van der Waals surface area contributed by atoms with Gasteiger partial charge in [0, 0.05) is 0 Å². The Morgan fingerprint density at radius 3 is 2.91 bits per heavy atom. The van der Waals surface area contributed by atoms with Gasteiger partial charge in [-0.1, -0.05) is 31.6 Å². The Kier molecular flexibility index (Phi) is 4.15. The van der Waals surface area contributed by atoms with Crippen LogP contribution >= 0.6 is 11.3 Å². The van der Waals surface area contributed by atoms with Gasteiger partial charge in [0.15, 0.2) is 0 Å². The van der Waals surface area contributed by atoms with E-state index in [1.54, 1.807) is 17.6 Å². The molecule has 5 heteroatoms. The number of allylic oxidation sites excluding steroid dienone is 2. The molecule has 0 radical (unpaired) electrons. The number of hydrogen-bond donors (Lipinski definition) is 1. The SMILES string of the molecule is CC(C)=C[C@H]1[C@H](C(=O)NCc2coc(-c3cccs3)n2)C1(C)C. The molecule has 0 aromatic carbocycles. The first-order valence-electron chi connectivity index (χ1n) is 7.80. The molecule has 1 N–H and O–H groups in total. The van der Waals surface area contributed by atoms with E-state index in [-0.39, 0.29) is 17.2 Å². The van der Waals surface area contributed by atoms with Crippen LogP contribution in [0.25, 0.3) is 10.8 Å². The third kappa shape index (κ3) is 3.24. The molecule has 0 unspecified atom stereocenters. The number of carbonyl (C=O) groups is 1. The Morgan fingerprint density at radius 2 is 2.26 bits per heavy atom. The highest BCUT2D eigenvalue weighted by atomic mass is 32.1. The minimum Gasteiger partial charge on any atom is -0.443 e. The molecule has 122 valence electrons. The minimum absolute atomic E-state index is 0.0350. The molecule has 23 heavy (non-hydrogen) atoms. The summed E-state index contributed by atoms with van der Waals surface area (Å²) in [6, 6.07) is 3.93. The fourth-order valence-corrected chi connectivity index (χ4v) is 3.69. The van der Waals surface area contributed by atoms with E-state index in [9.17, 15) is 4.79 Å². The average molecular weight is 330 g/mol. The molecule has 2 heterocycles. The van der Waals surface area contributed by atoms with Crippen molar-refractivity contribution in [3.8, 4) is 10.8 Å². The van der Waals surface area contributed by atoms with Gasteiger partial charge >= 0.3 is 0 Å². The van der Waals surface area contributed by atoms with Crippen LogP contribution in [-0.2, 0) is 11.3 Å². The lowest BCUT2D eigenvalue weighted by Crippen LogP contribution is -2.26. The number of nitrogens with one attached hydrogen (secondary N) is 1. The van der Waals surface area contributed by atoms with Gasteiger partial charge in [0.1, 0.15) is 6.26 Å². The highest BCUT2D eigenvalue weighted by Crippen LogP contribution is 2.59. The summed E-state index contributed by atoms with van der Waals surface area (Å²) < 4.78 is 5.47. The molecule has 0 bridgehead atoms. The highest BCUT2D eigenvalue weighted by molar-refractivity contribution is 7.13. The zero-order valence-electron chi connectivity index (χ0n) is 13.9. The zero-order valence-corrected chi connectivity index (χ0v) is 14.7. The van der Waals surface area contributed by atoms with Crippen molar-refractivity contribution in [1.29, 1.82) is 0 Å². The topological polar surface area (TPSA) is 55.1 Å². The van der Waals surface area contributed by atoms with Crippen molar-refractivity contribution in [3.05, 3.63) is 41.1 Å². The van der Waals surface area contributed by atoms with E-state index >= 15 is 0 Å². The summed E-state index contributed by atoms with van der Waals surface area (Å²) >= 11 is 1.58. The average Bonchev–Trinajstić information content (AvgIpc) is 2.96. The number of amides is 1.